The summed E-state index contributed by atoms with van der Waals surface area (Å²) < 4.78 is 5.41. The van der Waals surface area contributed by atoms with Crippen LogP contribution in [0, 0.1) is 0 Å². The zero-order valence-corrected chi connectivity index (χ0v) is 10.6. The number of pyridine rings is 1. The number of ether oxygens (including phenoxy) is 1. The van der Waals surface area contributed by atoms with Gasteiger partial charge in [0.25, 0.3) is 0 Å². The van der Waals surface area contributed by atoms with Crippen molar-refractivity contribution in [2.45, 2.75) is 19.3 Å². The monoisotopic (exact) mass is 245 g/mol. The number of morpholine rings is 1. The maximum absolute atomic E-state index is 5.41. The number of aromatic nitrogens is 1. The SMILES string of the molecule is c1cnc(N2CCOCC2)c(C2=NCCCC2)c1. The number of anilines is 1. The molecule has 0 amide bonds. The van der Waals surface area contributed by atoms with Crippen molar-refractivity contribution in [2.24, 2.45) is 4.99 Å². The first kappa shape index (κ1) is 11.7. The van der Waals surface area contributed by atoms with E-state index in [1.807, 2.05) is 12.3 Å². The minimum absolute atomic E-state index is 0.794. The van der Waals surface area contributed by atoms with Crippen molar-refractivity contribution in [3.05, 3.63) is 23.9 Å². The Kier molecular flexibility index (Phi) is 3.55. The normalized spacial score (nSPS) is 20.7. The zero-order chi connectivity index (χ0) is 12.2. The molecule has 96 valence electrons. The zero-order valence-electron chi connectivity index (χ0n) is 10.6. The Morgan fingerprint density at radius 3 is 2.83 bits per heavy atom. The standard InChI is InChI=1S/C14H19N3O/c1-2-6-15-13(5-1)12-4-3-7-16-14(12)17-8-10-18-11-9-17/h3-4,7H,1-2,5-6,8-11H2. The summed E-state index contributed by atoms with van der Waals surface area (Å²) in [6.07, 6.45) is 5.42. The highest BCUT2D eigenvalue weighted by Crippen LogP contribution is 2.23. The highest BCUT2D eigenvalue weighted by molar-refractivity contribution is 6.04. The van der Waals surface area contributed by atoms with E-state index in [1.165, 1.54) is 24.1 Å². The summed E-state index contributed by atoms with van der Waals surface area (Å²) in [5.41, 5.74) is 2.45. The third-order valence-corrected chi connectivity index (χ3v) is 3.53. The fraction of sp³-hybridized carbons (Fsp3) is 0.571. The maximum Gasteiger partial charge on any atom is 0.137 e. The predicted octanol–water partition coefficient (Wildman–Crippen LogP) is 1.89. The predicted molar refractivity (Wildman–Crippen MR) is 72.5 cm³/mol. The highest BCUT2D eigenvalue weighted by atomic mass is 16.5. The Hall–Kier alpha value is -1.42. The molecule has 3 heterocycles. The molecule has 0 aromatic carbocycles. The lowest BCUT2D eigenvalue weighted by molar-refractivity contribution is 0.122. The molecule has 2 aliphatic heterocycles. The van der Waals surface area contributed by atoms with Crippen molar-refractivity contribution < 1.29 is 4.74 Å². The molecule has 1 fully saturated rings. The molecule has 2 aliphatic rings. The van der Waals surface area contributed by atoms with Gasteiger partial charge in [-0.2, -0.15) is 0 Å². The second-order valence-electron chi connectivity index (χ2n) is 4.76. The van der Waals surface area contributed by atoms with Crippen molar-refractivity contribution in [3.63, 3.8) is 0 Å². The maximum atomic E-state index is 5.41. The Morgan fingerprint density at radius 2 is 2.06 bits per heavy atom. The van der Waals surface area contributed by atoms with Crippen LogP contribution in [0.1, 0.15) is 24.8 Å². The van der Waals surface area contributed by atoms with Gasteiger partial charge in [0.1, 0.15) is 5.82 Å². The van der Waals surface area contributed by atoms with Gasteiger partial charge >= 0.3 is 0 Å². The van der Waals surface area contributed by atoms with Gasteiger partial charge in [0.2, 0.25) is 0 Å². The summed E-state index contributed by atoms with van der Waals surface area (Å²) in [5, 5.41) is 0. The minimum Gasteiger partial charge on any atom is -0.378 e. The third-order valence-electron chi connectivity index (χ3n) is 3.53. The molecule has 3 rings (SSSR count). The van der Waals surface area contributed by atoms with Gasteiger partial charge in [-0.3, -0.25) is 4.99 Å². The Balaban J connectivity index is 1.91. The lowest BCUT2D eigenvalue weighted by Gasteiger charge is -2.30. The van der Waals surface area contributed by atoms with Crippen molar-refractivity contribution in [1.82, 2.24) is 4.98 Å². The topological polar surface area (TPSA) is 37.7 Å². The fourth-order valence-electron chi connectivity index (χ4n) is 2.57. The van der Waals surface area contributed by atoms with E-state index in [0.29, 0.717) is 0 Å². The number of aliphatic imine (C=N–C) groups is 1. The van der Waals surface area contributed by atoms with E-state index in [9.17, 15) is 0 Å². The number of rotatable bonds is 2. The van der Waals surface area contributed by atoms with Crippen molar-refractivity contribution in [2.75, 3.05) is 37.7 Å². The number of hydrogen-bond donors (Lipinski definition) is 0. The molecule has 0 radical (unpaired) electrons. The van der Waals surface area contributed by atoms with E-state index in [1.54, 1.807) is 0 Å². The van der Waals surface area contributed by atoms with Crippen LogP contribution in [-0.4, -0.2) is 43.5 Å². The van der Waals surface area contributed by atoms with Gasteiger partial charge in [0.15, 0.2) is 0 Å². The molecule has 1 aromatic rings. The molecule has 0 spiro atoms. The van der Waals surface area contributed by atoms with E-state index in [2.05, 4.69) is 20.9 Å². The van der Waals surface area contributed by atoms with Gasteiger partial charge in [-0.05, 0) is 31.4 Å². The van der Waals surface area contributed by atoms with Crippen LogP contribution in [0.15, 0.2) is 23.3 Å². The van der Waals surface area contributed by atoms with E-state index >= 15 is 0 Å². The summed E-state index contributed by atoms with van der Waals surface area (Å²) in [7, 11) is 0. The number of nitrogens with zero attached hydrogens (tertiary/aromatic N) is 3. The molecule has 1 aromatic heterocycles. The summed E-state index contributed by atoms with van der Waals surface area (Å²) in [6, 6.07) is 4.17. The molecule has 18 heavy (non-hydrogen) atoms. The molecule has 0 atom stereocenters. The Morgan fingerprint density at radius 1 is 1.17 bits per heavy atom. The summed E-state index contributed by atoms with van der Waals surface area (Å²) in [6.45, 7) is 4.41. The van der Waals surface area contributed by atoms with Crippen LogP contribution >= 0.6 is 0 Å². The molecule has 0 aliphatic carbocycles. The highest BCUT2D eigenvalue weighted by Gasteiger charge is 2.19. The molecule has 4 heteroatoms. The smallest absolute Gasteiger partial charge is 0.137 e. The van der Waals surface area contributed by atoms with Crippen LogP contribution in [-0.2, 0) is 4.74 Å². The summed E-state index contributed by atoms with van der Waals surface area (Å²) >= 11 is 0. The first-order valence-electron chi connectivity index (χ1n) is 6.76. The molecule has 4 nitrogen and oxygen atoms in total. The van der Waals surface area contributed by atoms with Crippen molar-refractivity contribution >= 4 is 11.5 Å². The molecule has 0 N–H and O–H groups in total. The van der Waals surface area contributed by atoms with E-state index in [0.717, 1.165) is 45.1 Å². The molecule has 0 bridgehead atoms. The first-order valence-corrected chi connectivity index (χ1v) is 6.76. The van der Waals surface area contributed by atoms with E-state index in [-0.39, 0.29) is 0 Å². The van der Waals surface area contributed by atoms with Crippen LogP contribution in [0.5, 0.6) is 0 Å². The first-order chi connectivity index (χ1) is 8.95. The Labute approximate surface area is 108 Å². The molecule has 1 saturated heterocycles. The van der Waals surface area contributed by atoms with Gasteiger partial charge in [-0.25, -0.2) is 4.98 Å². The van der Waals surface area contributed by atoms with Gasteiger partial charge < -0.3 is 9.64 Å². The lowest BCUT2D eigenvalue weighted by atomic mass is 10.0. The quantitative estimate of drug-likeness (QED) is 0.798. The second kappa shape index (κ2) is 5.48. The largest absolute Gasteiger partial charge is 0.378 e. The average molecular weight is 245 g/mol. The van der Waals surface area contributed by atoms with Gasteiger partial charge in [0.05, 0.1) is 13.2 Å². The van der Waals surface area contributed by atoms with Crippen LogP contribution in [0.3, 0.4) is 0 Å². The second-order valence-corrected chi connectivity index (χ2v) is 4.76. The molecule has 0 unspecified atom stereocenters. The molecule has 0 saturated carbocycles. The van der Waals surface area contributed by atoms with E-state index in [4.69, 9.17) is 4.74 Å². The van der Waals surface area contributed by atoms with Crippen LogP contribution < -0.4 is 4.90 Å². The average Bonchev–Trinajstić information content (AvgIpc) is 2.49. The van der Waals surface area contributed by atoms with Crippen LogP contribution in [0.25, 0.3) is 0 Å². The van der Waals surface area contributed by atoms with Crippen molar-refractivity contribution in [1.29, 1.82) is 0 Å². The third kappa shape index (κ3) is 2.38. The fourth-order valence-corrected chi connectivity index (χ4v) is 2.57. The van der Waals surface area contributed by atoms with E-state index < -0.39 is 0 Å². The van der Waals surface area contributed by atoms with Crippen LogP contribution in [0.4, 0.5) is 5.82 Å². The summed E-state index contributed by atoms with van der Waals surface area (Å²) in [4.78, 5) is 11.6. The van der Waals surface area contributed by atoms with Crippen molar-refractivity contribution in [3.8, 4) is 0 Å². The van der Waals surface area contributed by atoms with Gasteiger partial charge in [-0.15, -0.1) is 0 Å². The molecular weight excluding hydrogens is 226 g/mol. The van der Waals surface area contributed by atoms with Crippen LogP contribution in [0.2, 0.25) is 0 Å². The number of hydrogen-bond acceptors (Lipinski definition) is 4. The molecular formula is C14H19N3O. The van der Waals surface area contributed by atoms with Gasteiger partial charge in [-0.1, -0.05) is 0 Å². The Bertz CT molecular complexity index is 438. The summed E-state index contributed by atoms with van der Waals surface area (Å²) in [5.74, 6) is 1.08. The van der Waals surface area contributed by atoms with Gasteiger partial charge in [0, 0.05) is 37.1 Å². The lowest BCUT2D eigenvalue weighted by Crippen LogP contribution is -2.37. The minimum atomic E-state index is 0.794.